The van der Waals surface area contributed by atoms with Crippen molar-refractivity contribution in [3.05, 3.63) is 33.7 Å². The highest BCUT2D eigenvalue weighted by molar-refractivity contribution is 6.00. The average Bonchev–Trinajstić information content (AvgIpc) is 2.62. The molecule has 8 nitrogen and oxygen atoms in total. The Morgan fingerprint density at radius 3 is 2.00 bits per heavy atom. The lowest BCUT2D eigenvalue weighted by Gasteiger charge is -2.23. The molecule has 2 N–H and O–H groups in total. The Bertz CT molecular complexity index is 821. The number of esters is 1. The van der Waals surface area contributed by atoms with E-state index in [1.165, 1.54) is 19.5 Å². The number of pyridine rings is 1. The minimum atomic E-state index is -0.892. The molecule has 1 rings (SSSR count). The lowest BCUT2D eigenvalue weighted by molar-refractivity contribution is -0.144. The van der Waals surface area contributed by atoms with Gasteiger partial charge in [-0.1, -0.05) is 20.3 Å². The number of rotatable bonds is 7. The molecule has 0 radical (unpaired) electrons. The third-order valence-corrected chi connectivity index (χ3v) is 4.57. The molecular weight excluding hydrogens is 374 g/mol. The highest BCUT2D eigenvalue weighted by Gasteiger charge is 2.29. The van der Waals surface area contributed by atoms with Crippen LogP contribution in [0, 0.1) is 5.92 Å². The summed E-state index contributed by atoms with van der Waals surface area (Å²) in [5.41, 5.74) is -1.55. The maximum absolute atomic E-state index is 12.9. The fourth-order valence-corrected chi connectivity index (χ4v) is 2.64. The topological polar surface area (TPSA) is 107 Å². The number of hydrogen-bond acceptors (Lipinski definition) is 5. The second-order valence-corrected chi connectivity index (χ2v) is 8.52. The highest BCUT2D eigenvalue weighted by Crippen LogP contribution is 2.12. The van der Waals surface area contributed by atoms with Crippen LogP contribution in [0.5, 0.6) is 0 Å². The number of amides is 2. The minimum Gasteiger partial charge on any atom is -0.467 e. The van der Waals surface area contributed by atoms with E-state index in [4.69, 9.17) is 4.74 Å². The van der Waals surface area contributed by atoms with E-state index in [-0.39, 0.29) is 23.1 Å². The summed E-state index contributed by atoms with van der Waals surface area (Å²) in [6, 6.07) is -0.981. The van der Waals surface area contributed by atoms with Gasteiger partial charge in [-0.2, -0.15) is 0 Å². The highest BCUT2D eigenvalue weighted by atomic mass is 16.5. The predicted octanol–water partition coefficient (Wildman–Crippen LogP) is 2.28. The van der Waals surface area contributed by atoms with Crippen LogP contribution in [0.3, 0.4) is 0 Å². The second kappa shape index (κ2) is 9.71. The van der Waals surface area contributed by atoms with Crippen LogP contribution in [-0.2, 0) is 9.53 Å². The van der Waals surface area contributed by atoms with Gasteiger partial charge in [0, 0.05) is 24.0 Å². The number of hydrogen-bond donors (Lipinski definition) is 2. The summed E-state index contributed by atoms with van der Waals surface area (Å²) in [5.74, 6) is -2.05. The summed E-state index contributed by atoms with van der Waals surface area (Å²) in [5, 5.41) is 5.34. The van der Waals surface area contributed by atoms with Crippen molar-refractivity contribution in [3.8, 4) is 0 Å². The molecule has 0 fully saturated rings. The first-order valence-electron chi connectivity index (χ1n) is 9.79. The van der Waals surface area contributed by atoms with Crippen LogP contribution < -0.4 is 16.1 Å². The molecule has 0 saturated carbocycles. The van der Waals surface area contributed by atoms with Gasteiger partial charge < -0.3 is 19.9 Å². The molecule has 0 bridgehead atoms. The summed E-state index contributed by atoms with van der Waals surface area (Å²) in [6.45, 7) is 12.8. The Kier molecular flexibility index (Phi) is 8.17. The van der Waals surface area contributed by atoms with Crippen LogP contribution in [0.2, 0.25) is 0 Å². The van der Waals surface area contributed by atoms with Crippen LogP contribution in [0.1, 0.15) is 81.6 Å². The second-order valence-electron chi connectivity index (χ2n) is 8.52. The quantitative estimate of drug-likeness (QED) is 0.675. The van der Waals surface area contributed by atoms with Crippen molar-refractivity contribution in [1.29, 1.82) is 0 Å². The number of nitrogens with zero attached hydrogens (tertiary/aromatic N) is 1. The number of methoxy groups -OCH3 is 1. The van der Waals surface area contributed by atoms with E-state index in [9.17, 15) is 19.2 Å². The molecule has 8 heteroatoms. The van der Waals surface area contributed by atoms with E-state index in [0.29, 0.717) is 6.42 Å². The Labute approximate surface area is 172 Å². The van der Waals surface area contributed by atoms with Crippen molar-refractivity contribution < 1.29 is 19.1 Å². The van der Waals surface area contributed by atoms with Crippen LogP contribution in [0.4, 0.5) is 0 Å². The molecule has 1 aromatic rings. The number of carbonyl (C=O) groups excluding carboxylic acids is 3. The molecule has 2 amide bonds. The average molecular weight is 408 g/mol. The van der Waals surface area contributed by atoms with Crippen molar-refractivity contribution in [3.63, 3.8) is 0 Å². The zero-order chi connectivity index (χ0) is 22.5. The number of aromatic nitrogens is 1. The summed E-state index contributed by atoms with van der Waals surface area (Å²) in [6.07, 6.45) is 3.47. The van der Waals surface area contributed by atoms with Crippen molar-refractivity contribution in [1.82, 2.24) is 15.2 Å². The van der Waals surface area contributed by atoms with Gasteiger partial charge in [-0.15, -0.1) is 0 Å². The normalized spacial score (nSPS) is 13.6. The molecule has 0 spiro atoms. The molecule has 1 heterocycles. The fourth-order valence-electron chi connectivity index (χ4n) is 2.64. The maximum atomic E-state index is 12.9. The van der Waals surface area contributed by atoms with Gasteiger partial charge >= 0.3 is 5.97 Å². The van der Waals surface area contributed by atoms with E-state index in [2.05, 4.69) is 10.6 Å². The zero-order valence-electron chi connectivity index (χ0n) is 18.6. The number of carbonyl (C=O) groups is 3. The summed E-state index contributed by atoms with van der Waals surface area (Å²) in [7, 11) is 1.24. The van der Waals surface area contributed by atoms with Gasteiger partial charge in [0.05, 0.1) is 7.11 Å². The monoisotopic (exact) mass is 407 g/mol. The van der Waals surface area contributed by atoms with Gasteiger partial charge in [-0.25, -0.2) is 4.79 Å². The Morgan fingerprint density at radius 1 is 1.07 bits per heavy atom. The van der Waals surface area contributed by atoms with Gasteiger partial charge in [0.2, 0.25) is 5.43 Å². The molecule has 0 aliphatic rings. The number of nitrogens with one attached hydrogen (secondary N) is 2. The largest absolute Gasteiger partial charge is 0.467 e. The van der Waals surface area contributed by atoms with Crippen LogP contribution in [-0.4, -0.2) is 41.0 Å². The third kappa shape index (κ3) is 6.44. The predicted molar refractivity (Wildman–Crippen MR) is 111 cm³/mol. The molecule has 0 aliphatic heterocycles. The van der Waals surface area contributed by atoms with Crippen molar-refractivity contribution in [2.45, 2.75) is 72.5 Å². The van der Waals surface area contributed by atoms with E-state index in [1.807, 2.05) is 27.7 Å². The first-order valence-corrected chi connectivity index (χ1v) is 9.79. The lowest BCUT2D eigenvalue weighted by atomic mass is 9.98. The SMILES string of the molecule is CC[C@H](C)[C@H](NC(=O)c1cn(C(C)C)cc(C(=O)NC(C)(C)C)c1=O)C(=O)OC. The molecule has 0 aromatic carbocycles. The summed E-state index contributed by atoms with van der Waals surface area (Å²) < 4.78 is 6.41. The van der Waals surface area contributed by atoms with E-state index >= 15 is 0 Å². The molecule has 162 valence electrons. The van der Waals surface area contributed by atoms with E-state index in [1.54, 1.807) is 25.3 Å². The molecule has 0 aliphatic carbocycles. The van der Waals surface area contributed by atoms with Crippen LogP contribution >= 0.6 is 0 Å². The number of ether oxygens (including phenoxy) is 1. The van der Waals surface area contributed by atoms with Crippen molar-refractivity contribution >= 4 is 17.8 Å². The van der Waals surface area contributed by atoms with Gasteiger partial charge in [0.25, 0.3) is 11.8 Å². The molecular formula is C21H33N3O5. The lowest BCUT2D eigenvalue weighted by Crippen LogP contribution is -2.48. The molecule has 0 unspecified atom stereocenters. The first kappa shape index (κ1) is 24.4. The molecule has 0 saturated heterocycles. The summed E-state index contributed by atoms with van der Waals surface area (Å²) in [4.78, 5) is 50.5. The van der Waals surface area contributed by atoms with E-state index in [0.717, 1.165) is 0 Å². The van der Waals surface area contributed by atoms with Gasteiger partial charge in [0.15, 0.2) is 0 Å². The van der Waals surface area contributed by atoms with Crippen molar-refractivity contribution in [2.75, 3.05) is 7.11 Å². The van der Waals surface area contributed by atoms with Gasteiger partial charge in [0.1, 0.15) is 17.2 Å². The Morgan fingerprint density at radius 2 is 1.59 bits per heavy atom. The summed E-state index contributed by atoms with van der Waals surface area (Å²) >= 11 is 0. The van der Waals surface area contributed by atoms with Gasteiger partial charge in [-0.05, 0) is 40.5 Å². The zero-order valence-corrected chi connectivity index (χ0v) is 18.6. The standard InChI is InChI=1S/C21H33N3O5/c1-9-13(4)16(20(28)29-8)22-18(26)14-10-24(12(2)3)11-15(17(14)25)19(27)23-21(5,6)7/h10-13,16H,9H2,1-8H3,(H,22,26)(H,23,27)/t13-,16-/m0/s1. The Hall–Kier alpha value is -2.64. The first-order chi connectivity index (χ1) is 13.3. The fraction of sp³-hybridized carbons (Fsp3) is 0.619. The smallest absolute Gasteiger partial charge is 0.328 e. The maximum Gasteiger partial charge on any atom is 0.328 e. The van der Waals surface area contributed by atoms with Gasteiger partial charge in [-0.3, -0.25) is 14.4 Å². The van der Waals surface area contributed by atoms with Crippen LogP contribution in [0.15, 0.2) is 17.2 Å². The third-order valence-electron chi connectivity index (χ3n) is 4.57. The molecule has 2 atom stereocenters. The molecule has 29 heavy (non-hydrogen) atoms. The van der Waals surface area contributed by atoms with Crippen LogP contribution in [0.25, 0.3) is 0 Å². The van der Waals surface area contributed by atoms with Crippen molar-refractivity contribution in [2.24, 2.45) is 5.92 Å². The van der Waals surface area contributed by atoms with E-state index < -0.39 is 34.8 Å². The Balaban J connectivity index is 3.42. The molecule has 1 aromatic heterocycles. The minimum absolute atomic E-state index is 0.0886.